The lowest BCUT2D eigenvalue weighted by Gasteiger charge is -2.18. The van der Waals surface area contributed by atoms with E-state index in [0.29, 0.717) is 6.04 Å². The largest absolute Gasteiger partial charge is 0.380 e. The van der Waals surface area contributed by atoms with Gasteiger partial charge < -0.3 is 10.0 Å². The molecule has 1 unspecified atom stereocenters. The maximum Gasteiger partial charge on any atom is 0.212 e. The van der Waals surface area contributed by atoms with Gasteiger partial charge in [-0.1, -0.05) is 41.9 Å². The van der Waals surface area contributed by atoms with E-state index in [1.807, 2.05) is 12.1 Å². The molecule has 0 amide bonds. The maximum absolute atomic E-state index is 6.49. The highest BCUT2D eigenvalue weighted by molar-refractivity contribution is 8.00. The average molecular weight is 418 g/mol. The van der Waals surface area contributed by atoms with Crippen LogP contribution in [0.4, 0.5) is 10.8 Å². The molecule has 4 rings (SSSR count). The van der Waals surface area contributed by atoms with Gasteiger partial charge in [-0.05, 0) is 42.1 Å². The van der Waals surface area contributed by atoms with Crippen LogP contribution in [0, 0.1) is 0 Å². The zero-order valence-electron chi connectivity index (χ0n) is 14.6. The molecule has 2 heterocycles. The number of halogens is 1. The molecule has 27 heavy (non-hydrogen) atoms. The van der Waals surface area contributed by atoms with Crippen LogP contribution < -0.4 is 10.0 Å². The Labute approximate surface area is 172 Å². The third-order valence-electron chi connectivity index (χ3n) is 4.44. The summed E-state index contributed by atoms with van der Waals surface area (Å²) in [6, 6.07) is 17.1. The first-order chi connectivity index (χ1) is 13.3. The van der Waals surface area contributed by atoms with Crippen LogP contribution in [-0.2, 0) is 6.54 Å². The van der Waals surface area contributed by atoms with Gasteiger partial charge in [0.25, 0.3) is 0 Å². The normalized spacial score (nSPS) is 17.1. The number of anilines is 2. The van der Waals surface area contributed by atoms with Crippen LogP contribution in [0.15, 0.2) is 59.8 Å². The average Bonchev–Trinajstić information content (AvgIpc) is 3.35. The monoisotopic (exact) mass is 417 g/mol. The minimum Gasteiger partial charge on any atom is -0.380 e. The molecular weight excluding hydrogens is 398 g/mol. The van der Waals surface area contributed by atoms with Gasteiger partial charge >= 0.3 is 0 Å². The van der Waals surface area contributed by atoms with Crippen molar-refractivity contribution < 1.29 is 0 Å². The Balaban J connectivity index is 1.30. The second kappa shape index (κ2) is 8.93. The molecule has 2 aromatic carbocycles. The van der Waals surface area contributed by atoms with Crippen molar-refractivity contribution in [2.75, 3.05) is 23.1 Å². The molecule has 0 radical (unpaired) electrons. The lowest BCUT2D eigenvalue weighted by atomic mass is 10.2. The van der Waals surface area contributed by atoms with Gasteiger partial charge in [0, 0.05) is 42.1 Å². The first-order valence-electron chi connectivity index (χ1n) is 8.78. The predicted molar refractivity (Wildman–Crippen MR) is 115 cm³/mol. The fraction of sp³-hybridized carbons (Fsp3) is 0.263. The van der Waals surface area contributed by atoms with Crippen LogP contribution in [0.25, 0.3) is 0 Å². The standard InChI is InChI=1S/C19H20ClN5S2/c20-17-10-16(26-24-19-21-13-22-27-19)6-7-18(17)23-15-8-9-25(12-15)11-14-4-2-1-3-5-14/h1-7,10,13,15,23H,8-9,11-12H2,(H,21,22,24). The Morgan fingerprint density at radius 2 is 2.11 bits per heavy atom. The van der Waals surface area contributed by atoms with Crippen LogP contribution in [-0.4, -0.2) is 33.4 Å². The number of hydrogen-bond acceptors (Lipinski definition) is 7. The summed E-state index contributed by atoms with van der Waals surface area (Å²) in [6.45, 7) is 3.13. The van der Waals surface area contributed by atoms with E-state index < -0.39 is 0 Å². The number of hydrogen-bond donors (Lipinski definition) is 2. The van der Waals surface area contributed by atoms with E-state index in [4.69, 9.17) is 11.6 Å². The van der Waals surface area contributed by atoms with E-state index in [-0.39, 0.29) is 0 Å². The first-order valence-corrected chi connectivity index (χ1v) is 10.7. The fourth-order valence-corrected chi connectivity index (χ4v) is 4.59. The van der Waals surface area contributed by atoms with Gasteiger partial charge in [-0.2, -0.15) is 4.37 Å². The SMILES string of the molecule is Clc1cc(SNc2ncns2)ccc1NC1CCN(Cc2ccccc2)C1. The molecule has 3 aromatic rings. The molecule has 0 bridgehead atoms. The molecule has 1 aromatic heterocycles. The Morgan fingerprint density at radius 1 is 1.22 bits per heavy atom. The summed E-state index contributed by atoms with van der Waals surface area (Å²) in [5.74, 6) is 0. The molecule has 1 atom stereocenters. The van der Waals surface area contributed by atoms with Crippen molar-refractivity contribution >= 4 is 45.9 Å². The van der Waals surface area contributed by atoms with Crippen LogP contribution in [0.1, 0.15) is 12.0 Å². The lowest BCUT2D eigenvalue weighted by Crippen LogP contribution is -2.26. The molecule has 1 saturated heterocycles. The van der Waals surface area contributed by atoms with Crippen molar-refractivity contribution in [3.63, 3.8) is 0 Å². The quantitative estimate of drug-likeness (QED) is 0.528. The first kappa shape index (κ1) is 18.6. The second-order valence-corrected chi connectivity index (χ2v) is 8.51. The number of likely N-dealkylation sites (tertiary alicyclic amines) is 1. The summed E-state index contributed by atoms with van der Waals surface area (Å²) in [6.07, 6.45) is 2.66. The number of aromatic nitrogens is 2. The van der Waals surface area contributed by atoms with Crippen LogP contribution in [0.3, 0.4) is 0 Å². The summed E-state index contributed by atoms with van der Waals surface area (Å²) in [7, 11) is 0. The van der Waals surface area contributed by atoms with Crippen molar-refractivity contribution in [3.05, 3.63) is 65.4 Å². The summed E-state index contributed by atoms with van der Waals surface area (Å²) < 4.78 is 7.14. The minimum atomic E-state index is 0.421. The van der Waals surface area contributed by atoms with Gasteiger partial charge in [0.05, 0.1) is 10.7 Å². The third-order valence-corrected chi connectivity index (χ3v) is 6.25. The Bertz CT molecular complexity index is 860. The van der Waals surface area contributed by atoms with Crippen LogP contribution in [0.5, 0.6) is 0 Å². The minimum absolute atomic E-state index is 0.421. The van der Waals surface area contributed by atoms with E-state index in [9.17, 15) is 0 Å². The smallest absolute Gasteiger partial charge is 0.212 e. The number of nitrogens with one attached hydrogen (secondary N) is 2. The van der Waals surface area contributed by atoms with Gasteiger partial charge in [0.2, 0.25) is 5.13 Å². The third kappa shape index (κ3) is 5.13. The van der Waals surface area contributed by atoms with E-state index >= 15 is 0 Å². The predicted octanol–water partition coefficient (Wildman–Crippen LogP) is 5.00. The second-order valence-electron chi connectivity index (χ2n) is 6.44. The summed E-state index contributed by atoms with van der Waals surface area (Å²) in [5.41, 5.74) is 2.35. The zero-order valence-corrected chi connectivity index (χ0v) is 17.0. The number of rotatable bonds is 7. The van der Waals surface area contributed by atoms with Gasteiger partial charge in [-0.15, -0.1) is 0 Å². The van der Waals surface area contributed by atoms with Gasteiger partial charge in [0.15, 0.2) is 0 Å². The Morgan fingerprint density at radius 3 is 2.89 bits per heavy atom. The van der Waals surface area contributed by atoms with E-state index in [1.54, 1.807) is 0 Å². The van der Waals surface area contributed by atoms with Crippen molar-refractivity contribution in [2.45, 2.75) is 23.9 Å². The number of benzene rings is 2. The molecule has 0 saturated carbocycles. The lowest BCUT2D eigenvalue weighted by molar-refractivity contribution is 0.328. The van der Waals surface area contributed by atoms with Crippen molar-refractivity contribution in [1.82, 2.24) is 14.3 Å². The van der Waals surface area contributed by atoms with E-state index in [1.165, 1.54) is 35.4 Å². The molecule has 1 fully saturated rings. The maximum atomic E-state index is 6.49. The van der Waals surface area contributed by atoms with Crippen molar-refractivity contribution in [2.24, 2.45) is 0 Å². The topological polar surface area (TPSA) is 53.1 Å². The molecule has 0 aliphatic carbocycles. The van der Waals surface area contributed by atoms with Gasteiger partial charge in [0.1, 0.15) is 6.33 Å². The summed E-state index contributed by atoms with van der Waals surface area (Å²) >= 11 is 9.30. The summed E-state index contributed by atoms with van der Waals surface area (Å²) in [4.78, 5) is 7.63. The molecule has 5 nitrogen and oxygen atoms in total. The molecule has 2 N–H and O–H groups in total. The number of nitrogens with zero attached hydrogens (tertiary/aromatic N) is 3. The Hall–Kier alpha value is -1.80. The Kier molecular flexibility index (Phi) is 6.14. The molecule has 1 aliphatic heterocycles. The molecule has 1 aliphatic rings. The molecule has 0 spiro atoms. The highest BCUT2D eigenvalue weighted by atomic mass is 35.5. The highest BCUT2D eigenvalue weighted by Crippen LogP contribution is 2.30. The summed E-state index contributed by atoms with van der Waals surface area (Å²) in [5, 5.41) is 5.12. The zero-order chi connectivity index (χ0) is 18.5. The van der Waals surface area contributed by atoms with Crippen LogP contribution >= 0.6 is 35.1 Å². The molecule has 140 valence electrons. The van der Waals surface area contributed by atoms with E-state index in [2.05, 4.69) is 60.7 Å². The van der Waals surface area contributed by atoms with Gasteiger partial charge in [-0.25, -0.2) is 4.98 Å². The van der Waals surface area contributed by atoms with Gasteiger partial charge in [-0.3, -0.25) is 4.90 Å². The molecular formula is C19H20ClN5S2. The van der Waals surface area contributed by atoms with Crippen LogP contribution in [0.2, 0.25) is 5.02 Å². The fourth-order valence-electron chi connectivity index (χ4n) is 3.15. The highest BCUT2D eigenvalue weighted by Gasteiger charge is 2.22. The molecule has 8 heteroatoms. The van der Waals surface area contributed by atoms with Crippen molar-refractivity contribution in [1.29, 1.82) is 0 Å². The van der Waals surface area contributed by atoms with E-state index in [0.717, 1.165) is 46.8 Å². The van der Waals surface area contributed by atoms with Crippen molar-refractivity contribution in [3.8, 4) is 0 Å².